The fourth-order valence-corrected chi connectivity index (χ4v) is 1.80. The summed E-state index contributed by atoms with van der Waals surface area (Å²) >= 11 is 0. The van der Waals surface area contributed by atoms with Crippen molar-refractivity contribution in [1.29, 1.82) is 0 Å². The molecular weight excluding hydrogens is 245 g/mol. The number of halogens is 1. The highest BCUT2D eigenvalue weighted by atomic mass is 19.1. The molecule has 1 amide bonds. The number of rotatable bonds is 4. The third kappa shape index (κ3) is 3.39. The van der Waals surface area contributed by atoms with Crippen LogP contribution in [0.4, 0.5) is 10.1 Å². The summed E-state index contributed by atoms with van der Waals surface area (Å²) in [5.41, 5.74) is 1.15. The van der Waals surface area contributed by atoms with Gasteiger partial charge in [-0.05, 0) is 23.8 Å². The third-order valence-corrected chi connectivity index (χ3v) is 2.67. The summed E-state index contributed by atoms with van der Waals surface area (Å²) in [4.78, 5) is 12.1. The number of nitrogens with one attached hydrogen (secondary N) is 1. The van der Waals surface area contributed by atoms with Gasteiger partial charge in [-0.1, -0.05) is 36.4 Å². The molecule has 1 atom stereocenters. The molecular formula is C15H14FNO2. The summed E-state index contributed by atoms with van der Waals surface area (Å²) in [6.07, 6.45) is -0.718. The first-order chi connectivity index (χ1) is 9.20. The summed E-state index contributed by atoms with van der Waals surface area (Å²) in [6, 6.07) is 14.9. The van der Waals surface area contributed by atoms with Crippen molar-refractivity contribution in [3.8, 4) is 0 Å². The van der Waals surface area contributed by atoms with Crippen molar-refractivity contribution in [2.45, 2.75) is 6.10 Å². The van der Waals surface area contributed by atoms with Crippen LogP contribution in [0.2, 0.25) is 0 Å². The Kier molecular flexibility index (Phi) is 4.26. The van der Waals surface area contributed by atoms with Gasteiger partial charge in [0.15, 0.2) is 6.10 Å². The number of amides is 1. The quantitative estimate of drug-likeness (QED) is 0.916. The lowest BCUT2D eigenvalue weighted by Crippen LogP contribution is -2.22. The van der Waals surface area contributed by atoms with Gasteiger partial charge >= 0.3 is 0 Å². The molecule has 0 saturated heterocycles. The highest BCUT2D eigenvalue weighted by Gasteiger charge is 2.19. The van der Waals surface area contributed by atoms with E-state index in [-0.39, 0.29) is 5.91 Å². The summed E-state index contributed by atoms with van der Waals surface area (Å²) in [7, 11) is 1.46. The largest absolute Gasteiger partial charge is 0.367 e. The molecule has 2 aromatic carbocycles. The standard InChI is InChI=1S/C15H14FNO2/c1-19-14(11-6-3-2-4-7-11)15(18)17-13-9-5-8-12(16)10-13/h2-10,14H,1H3,(H,17,18)/t14-/m0/s1. The Morgan fingerprint density at radius 3 is 2.53 bits per heavy atom. The Labute approximate surface area is 111 Å². The molecule has 0 aliphatic rings. The second-order valence-corrected chi connectivity index (χ2v) is 4.03. The van der Waals surface area contributed by atoms with Crippen molar-refractivity contribution in [2.75, 3.05) is 12.4 Å². The maximum Gasteiger partial charge on any atom is 0.258 e. The molecule has 4 heteroatoms. The lowest BCUT2D eigenvalue weighted by Gasteiger charge is -2.15. The topological polar surface area (TPSA) is 38.3 Å². The Morgan fingerprint density at radius 1 is 1.16 bits per heavy atom. The van der Waals surface area contributed by atoms with E-state index in [2.05, 4.69) is 5.32 Å². The Balaban J connectivity index is 2.14. The summed E-state index contributed by atoms with van der Waals surface area (Å²) in [5, 5.41) is 2.63. The van der Waals surface area contributed by atoms with Crippen LogP contribution in [0.5, 0.6) is 0 Å². The molecule has 3 nitrogen and oxygen atoms in total. The SMILES string of the molecule is CO[C@H](C(=O)Nc1cccc(F)c1)c1ccccc1. The lowest BCUT2D eigenvalue weighted by molar-refractivity contribution is -0.126. The number of methoxy groups -OCH3 is 1. The van der Waals surface area contributed by atoms with Gasteiger partial charge < -0.3 is 10.1 Å². The van der Waals surface area contributed by atoms with E-state index in [0.717, 1.165) is 5.56 Å². The van der Waals surface area contributed by atoms with Gasteiger partial charge in [0.05, 0.1) is 0 Å². The van der Waals surface area contributed by atoms with E-state index in [1.165, 1.54) is 25.3 Å². The molecule has 0 radical (unpaired) electrons. The Morgan fingerprint density at radius 2 is 1.89 bits per heavy atom. The van der Waals surface area contributed by atoms with Crippen LogP contribution in [-0.4, -0.2) is 13.0 Å². The molecule has 0 spiro atoms. The predicted molar refractivity (Wildman–Crippen MR) is 71.2 cm³/mol. The van der Waals surface area contributed by atoms with Crippen LogP contribution in [0.1, 0.15) is 11.7 Å². The fraction of sp³-hybridized carbons (Fsp3) is 0.133. The minimum absolute atomic E-state index is 0.334. The van der Waals surface area contributed by atoms with Gasteiger partial charge in [-0.3, -0.25) is 4.79 Å². The van der Waals surface area contributed by atoms with E-state index in [9.17, 15) is 9.18 Å². The van der Waals surface area contributed by atoms with Crippen molar-refractivity contribution >= 4 is 11.6 Å². The first kappa shape index (κ1) is 13.2. The number of benzene rings is 2. The molecule has 2 rings (SSSR count). The smallest absolute Gasteiger partial charge is 0.258 e. The summed E-state index contributed by atoms with van der Waals surface area (Å²) < 4.78 is 18.2. The van der Waals surface area contributed by atoms with Gasteiger partial charge in [-0.2, -0.15) is 0 Å². The minimum atomic E-state index is -0.718. The van der Waals surface area contributed by atoms with Crippen molar-refractivity contribution < 1.29 is 13.9 Å². The molecule has 0 aliphatic heterocycles. The fourth-order valence-electron chi connectivity index (χ4n) is 1.80. The normalized spacial score (nSPS) is 11.9. The van der Waals surface area contributed by atoms with Crippen LogP contribution in [-0.2, 0) is 9.53 Å². The van der Waals surface area contributed by atoms with Crippen molar-refractivity contribution in [3.63, 3.8) is 0 Å². The molecule has 0 saturated carbocycles. The summed E-state index contributed by atoms with van der Waals surface area (Å²) in [6.45, 7) is 0. The highest BCUT2D eigenvalue weighted by Crippen LogP contribution is 2.19. The molecule has 19 heavy (non-hydrogen) atoms. The Hall–Kier alpha value is -2.20. The van der Waals surface area contributed by atoms with Crippen LogP contribution in [0.15, 0.2) is 54.6 Å². The molecule has 0 bridgehead atoms. The minimum Gasteiger partial charge on any atom is -0.367 e. The second-order valence-electron chi connectivity index (χ2n) is 4.03. The van der Waals surface area contributed by atoms with Gasteiger partial charge in [0, 0.05) is 12.8 Å². The van der Waals surface area contributed by atoms with Gasteiger partial charge in [-0.15, -0.1) is 0 Å². The summed E-state index contributed by atoms with van der Waals surface area (Å²) in [5.74, 6) is -0.731. The molecule has 0 fully saturated rings. The molecule has 2 aromatic rings. The maximum atomic E-state index is 13.0. The first-order valence-electron chi connectivity index (χ1n) is 5.85. The molecule has 0 heterocycles. The first-order valence-corrected chi connectivity index (χ1v) is 5.85. The second kappa shape index (κ2) is 6.11. The van der Waals surface area contributed by atoms with Crippen LogP contribution < -0.4 is 5.32 Å². The molecule has 0 unspecified atom stereocenters. The van der Waals surface area contributed by atoms with E-state index in [1.807, 2.05) is 18.2 Å². The van der Waals surface area contributed by atoms with Crippen LogP contribution >= 0.6 is 0 Å². The van der Waals surface area contributed by atoms with Gasteiger partial charge in [-0.25, -0.2) is 4.39 Å². The van der Waals surface area contributed by atoms with Crippen LogP contribution in [0, 0.1) is 5.82 Å². The zero-order valence-electron chi connectivity index (χ0n) is 10.5. The number of hydrogen-bond acceptors (Lipinski definition) is 2. The van der Waals surface area contributed by atoms with Crippen molar-refractivity contribution in [1.82, 2.24) is 0 Å². The van der Waals surface area contributed by atoms with E-state index < -0.39 is 11.9 Å². The van der Waals surface area contributed by atoms with E-state index in [1.54, 1.807) is 18.2 Å². The number of ether oxygens (including phenoxy) is 1. The van der Waals surface area contributed by atoms with Gasteiger partial charge in [0.25, 0.3) is 5.91 Å². The lowest BCUT2D eigenvalue weighted by atomic mass is 10.1. The third-order valence-electron chi connectivity index (χ3n) is 2.67. The average Bonchev–Trinajstić information content (AvgIpc) is 2.41. The highest BCUT2D eigenvalue weighted by molar-refractivity contribution is 5.94. The number of anilines is 1. The molecule has 1 N–H and O–H groups in total. The zero-order valence-corrected chi connectivity index (χ0v) is 10.5. The monoisotopic (exact) mass is 259 g/mol. The van der Waals surface area contributed by atoms with Gasteiger partial charge in [0.1, 0.15) is 5.82 Å². The Bertz CT molecular complexity index is 557. The molecule has 0 aromatic heterocycles. The van der Waals surface area contributed by atoms with Crippen LogP contribution in [0.3, 0.4) is 0 Å². The zero-order chi connectivity index (χ0) is 13.7. The van der Waals surface area contributed by atoms with Crippen molar-refractivity contribution in [2.24, 2.45) is 0 Å². The van der Waals surface area contributed by atoms with E-state index in [0.29, 0.717) is 5.69 Å². The number of hydrogen-bond donors (Lipinski definition) is 1. The molecule has 0 aliphatic carbocycles. The van der Waals surface area contributed by atoms with Crippen molar-refractivity contribution in [3.05, 3.63) is 66.0 Å². The van der Waals surface area contributed by atoms with Gasteiger partial charge in [0.2, 0.25) is 0 Å². The predicted octanol–water partition coefficient (Wildman–Crippen LogP) is 3.15. The van der Waals surface area contributed by atoms with Crippen LogP contribution in [0.25, 0.3) is 0 Å². The van der Waals surface area contributed by atoms with E-state index >= 15 is 0 Å². The van der Waals surface area contributed by atoms with E-state index in [4.69, 9.17) is 4.74 Å². The number of carbonyl (C=O) groups is 1. The maximum absolute atomic E-state index is 13.0. The molecule has 98 valence electrons. The average molecular weight is 259 g/mol. The number of carbonyl (C=O) groups excluding carboxylic acids is 1.